The molecule has 0 spiro atoms. The van der Waals surface area contributed by atoms with E-state index in [4.69, 9.17) is 0 Å². The number of hydrogen-bond donors (Lipinski definition) is 2. The van der Waals surface area contributed by atoms with Gasteiger partial charge in [-0.25, -0.2) is 4.98 Å². The van der Waals surface area contributed by atoms with E-state index in [-0.39, 0.29) is 12.5 Å². The largest absolute Gasteiger partial charge is 0.390 e. The average Bonchev–Trinajstić information content (AvgIpc) is 2.78. The molecule has 3 heterocycles. The molecule has 1 amide bonds. The van der Waals surface area contributed by atoms with Crippen molar-refractivity contribution in [2.75, 3.05) is 18.0 Å². The number of pyridine rings is 1. The number of carbonyl (C=O) groups excluding carboxylic acids is 1. The van der Waals surface area contributed by atoms with Gasteiger partial charge in [-0.05, 0) is 24.3 Å². The molecule has 1 saturated heterocycles. The minimum absolute atomic E-state index is 0.0588. The lowest BCUT2D eigenvalue weighted by atomic mass is 9.92. The van der Waals surface area contributed by atoms with E-state index in [1.807, 2.05) is 6.07 Å². The molecule has 0 radical (unpaired) electrons. The van der Waals surface area contributed by atoms with Crippen LogP contribution in [0.4, 0.5) is 5.82 Å². The number of fused-ring (bicyclic) bond motifs is 1. The second-order valence-corrected chi connectivity index (χ2v) is 6.15. The Labute approximate surface area is 119 Å². The SMILES string of the molecule is CC1CC(C)CN(c2cc3c(c(CO)n2)CNC3=O)C1. The molecule has 0 saturated carbocycles. The van der Waals surface area contributed by atoms with Crippen LogP contribution in [0.15, 0.2) is 6.07 Å². The first-order valence-corrected chi connectivity index (χ1v) is 7.25. The summed E-state index contributed by atoms with van der Waals surface area (Å²) in [5.74, 6) is 2.01. The summed E-state index contributed by atoms with van der Waals surface area (Å²) in [6.45, 7) is 6.77. The van der Waals surface area contributed by atoms with Gasteiger partial charge >= 0.3 is 0 Å². The normalized spacial score (nSPS) is 25.6. The number of anilines is 1. The fourth-order valence-corrected chi connectivity index (χ4v) is 3.42. The van der Waals surface area contributed by atoms with E-state index in [0.717, 1.165) is 24.5 Å². The molecule has 2 atom stereocenters. The van der Waals surface area contributed by atoms with Crippen molar-refractivity contribution in [3.63, 3.8) is 0 Å². The number of aliphatic hydroxyl groups excluding tert-OH is 1. The van der Waals surface area contributed by atoms with Crippen molar-refractivity contribution in [1.82, 2.24) is 10.3 Å². The van der Waals surface area contributed by atoms with E-state index >= 15 is 0 Å². The maximum atomic E-state index is 11.9. The Bertz CT molecular complexity index is 534. The molecule has 0 aliphatic carbocycles. The molecule has 1 aromatic heterocycles. The van der Waals surface area contributed by atoms with Crippen molar-refractivity contribution < 1.29 is 9.90 Å². The summed E-state index contributed by atoms with van der Waals surface area (Å²) < 4.78 is 0. The number of nitrogens with zero attached hydrogens (tertiary/aromatic N) is 2. The molecule has 0 bridgehead atoms. The third kappa shape index (κ3) is 2.26. The number of nitrogens with one attached hydrogen (secondary N) is 1. The van der Waals surface area contributed by atoms with Gasteiger partial charge in [0.25, 0.3) is 5.91 Å². The first kappa shape index (κ1) is 13.4. The molecule has 2 unspecified atom stereocenters. The number of rotatable bonds is 2. The van der Waals surface area contributed by atoms with Gasteiger partial charge in [0.2, 0.25) is 0 Å². The summed E-state index contributed by atoms with van der Waals surface area (Å²) in [5.41, 5.74) is 2.14. The van der Waals surface area contributed by atoms with Crippen LogP contribution in [0.1, 0.15) is 41.9 Å². The monoisotopic (exact) mass is 275 g/mol. The summed E-state index contributed by atoms with van der Waals surface area (Å²) >= 11 is 0. The minimum Gasteiger partial charge on any atom is -0.390 e. The van der Waals surface area contributed by atoms with E-state index in [2.05, 4.69) is 29.0 Å². The Morgan fingerprint density at radius 3 is 2.75 bits per heavy atom. The van der Waals surface area contributed by atoms with E-state index in [1.54, 1.807) is 0 Å². The van der Waals surface area contributed by atoms with Crippen molar-refractivity contribution in [2.24, 2.45) is 11.8 Å². The molecule has 2 aliphatic rings. The zero-order valence-electron chi connectivity index (χ0n) is 12.0. The van der Waals surface area contributed by atoms with E-state index < -0.39 is 0 Å². The van der Waals surface area contributed by atoms with Gasteiger partial charge in [-0.3, -0.25) is 4.79 Å². The highest BCUT2D eigenvalue weighted by atomic mass is 16.3. The van der Waals surface area contributed by atoms with E-state index in [9.17, 15) is 9.90 Å². The number of amides is 1. The lowest BCUT2D eigenvalue weighted by Gasteiger charge is -2.36. The summed E-state index contributed by atoms with van der Waals surface area (Å²) in [6.07, 6.45) is 1.23. The molecular formula is C15H21N3O2. The van der Waals surface area contributed by atoms with Crippen molar-refractivity contribution in [1.29, 1.82) is 0 Å². The number of piperidine rings is 1. The summed E-state index contributed by atoms with van der Waals surface area (Å²) in [5, 5.41) is 12.3. The highest BCUT2D eigenvalue weighted by Gasteiger charge is 2.27. The molecule has 3 rings (SSSR count). The standard InChI is InChI=1S/C15H21N3O2/c1-9-3-10(2)7-18(6-9)14-4-11-12(5-16-15(11)20)13(8-19)17-14/h4,9-10,19H,3,5-8H2,1-2H3,(H,16,20). The molecule has 0 aromatic carbocycles. The molecular weight excluding hydrogens is 254 g/mol. The summed E-state index contributed by atoms with van der Waals surface area (Å²) in [6, 6.07) is 1.88. The van der Waals surface area contributed by atoms with Crippen molar-refractivity contribution in [2.45, 2.75) is 33.4 Å². The smallest absolute Gasteiger partial charge is 0.252 e. The zero-order chi connectivity index (χ0) is 14.3. The Kier molecular flexibility index (Phi) is 3.38. The van der Waals surface area contributed by atoms with Gasteiger partial charge in [0.05, 0.1) is 12.3 Å². The predicted octanol–water partition coefficient (Wildman–Crippen LogP) is 1.30. The fraction of sp³-hybridized carbons (Fsp3) is 0.600. The second kappa shape index (κ2) is 5.05. The third-order valence-electron chi connectivity index (χ3n) is 4.21. The average molecular weight is 275 g/mol. The molecule has 5 heteroatoms. The van der Waals surface area contributed by atoms with Crippen LogP contribution in [-0.4, -0.2) is 29.1 Å². The zero-order valence-corrected chi connectivity index (χ0v) is 12.0. The molecule has 1 aromatic rings. The van der Waals surface area contributed by atoms with Gasteiger partial charge in [0.1, 0.15) is 5.82 Å². The Morgan fingerprint density at radius 1 is 1.40 bits per heavy atom. The van der Waals surface area contributed by atoms with Crippen molar-refractivity contribution in [3.05, 3.63) is 22.9 Å². The van der Waals surface area contributed by atoms with Gasteiger partial charge < -0.3 is 15.3 Å². The number of aromatic nitrogens is 1. The quantitative estimate of drug-likeness (QED) is 0.854. The lowest BCUT2D eigenvalue weighted by Crippen LogP contribution is -2.39. The van der Waals surface area contributed by atoms with E-state index in [0.29, 0.717) is 29.6 Å². The lowest BCUT2D eigenvalue weighted by molar-refractivity contribution is 0.0965. The van der Waals surface area contributed by atoms with Gasteiger partial charge in [-0.1, -0.05) is 13.8 Å². The minimum atomic E-state index is -0.121. The number of aliphatic hydroxyl groups is 1. The molecule has 108 valence electrons. The number of carbonyl (C=O) groups is 1. The molecule has 5 nitrogen and oxygen atoms in total. The predicted molar refractivity (Wildman–Crippen MR) is 76.5 cm³/mol. The fourth-order valence-electron chi connectivity index (χ4n) is 3.42. The molecule has 2 aliphatic heterocycles. The van der Waals surface area contributed by atoms with Crippen LogP contribution in [-0.2, 0) is 13.2 Å². The summed E-state index contributed by atoms with van der Waals surface area (Å²) in [7, 11) is 0. The first-order chi connectivity index (χ1) is 9.58. The van der Waals surface area contributed by atoms with Gasteiger partial charge in [-0.15, -0.1) is 0 Å². The van der Waals surface area contributed by atoms with Crippen LogP contribution in [0.3, 0.4) is 0 Å². The van der Waals surface area contributed by atoms with Crippen LogP contribution in [0.2, 0.25) is 0 Å². The summed E-state index contributed by atoms with van der Waals surface area (Å²) in [4.78, 5) is 18.7. The molecule has 1 fully saturated rings. The van der Waals surface area contributed by atoms with Crippen LogP contribution in [0, 0.1) is 11.8 Å². The second-order valence-electron chi connectivity index (χ2n) is 6.15. The maximum Gasteiger partial charge on any atom is 0.252 e. The van der Waals surface area contributed by atoms with E-state index in [1.165, 1.54) is 6.42 Å². The van der Waals surface area contributed by atoms with Crippen molar-refractivity contribution in [3.8, 4) is 0 Å². The van der Waals surface area contributed by atoms with Crippen LogP contribution >= 0.6 is 0 Å². The highest BCUT2D eigenvalue weighted by Crippen LogP contribution is 2.29. The van der Waals surface area contributed by atoms with Gasteiger partial charge in [-0.2, -0.15) is 0 Å². The Balaban J connectivity index is 1.98. The third-order valence-corrected chi connectivity index (χ3v) is 4.21. The van der Waals surface area contributed by atoms with Crippen LogP contribution in [0.25, 0.3) is 0 Å². The molecule has 20 heavy (non-hydrogen) atoms. The Morgan fingerprint density at radius 2 is 2.10 bits per heavy atom. The van der Waals surface area contributed by atoms with Gasteiger partial charge in [0, 0.05) is 30.8 Å². The maximum absolute atomic E-state index is 11.9. The Hall–Kier alpha value is -1.62. The highest BCUT2D eigenvalue weighted by molar-refractivity contribution is 5.99. The number of hydrogen-bond acceptors (Lipinski definition) is 4. The van der Waals surface area contributed by atoms with Crippen molar-refractivity contribution >= 4 is 11.7 Å². The van der Waals surface area contributed by atoms with Crippen LogP contribution in [0.5, 0.6) is 0 Å². The first-order valence-electron chi connectivity index (χ1n) is 7.25. The topological polar surface area (TPSA) is 65.5 Å². The van der Waals surface area contributed by atoms with Crippen LogP contribution < -0.4 is 10.2 Å². The van der Waals surface area contributed by atoms with Gasteiger partial charge in [0.15, 0.2) is 0 Å². The molecule has 2 N–H and O–H groups in total.